The lowest BCUT2D eigenvalue weighted by Crippen LogP contribution is -2.48. The van der Waals surface area contributed by atoms with Crippen molar-refractivity contribution < 1.29 is 14.5 Å². The van der Waals surface area contributed by atoms with E-state index in [0.717, 1.165) is 18.7 Å². The van der Waals surface area contributed by atoms with Crippen LogP contribution in [0.4, 0.5) is 5.69 Å². The number of nitrogens with zero attached hydrogens (tertiary/aromatic N) is 3. The number of nitro benzene ring substituents is 1. The highest BCUT2D eigenvalue weighted by Crippen LogP contribution is 2.17. The molecule has 0 N–H and O–H groups in total. The van der Waals surface area contributed by atoms with E-state index in [4.69, 9.17) is 16.3 Å². The van der Waals surface area contributed by atoms with Crippen molar-refractivity contribution in [1.29, 1.82) is 0 Å². The van der Waals surface area contributed by atoms with E-state index in [1.165, 1.54) is 6.07 Å². The largest absolute Gasteiger partial charge is 0.493 e. The van der Waals surface area contributed by atoms with Gasteiger partial charge in [0, 0.05) is 49.9 Å². The Hall–Kier alpha value is -2.64. The molecule has 7 nitrogen and oxygen atoms in total. The zero-order valence-electron chi connectivity index (χ0n) is 15.4. The second kappa shape index (κ2) is 9.52. The zero-order chi connectivity index (χ0) is 19.9. The molecule has 2 aromatic carbocycles. The van der Waals surface area contributed by atoms with Gasteiger partial charge in [0.05, 0.1) is 18.0 Å². The first-order valence-electron chi connectivity index (χ1n) is 9.13. The van der Waals surface area contributed by atoms with E-state index in [0.29, 0.717) is 43.4 Å². The van der Waals surface area contributed by atoms with E-state index in [-0.39, 0.29) is 16.5 Å². The molecule has 0 radical (unpaired) electrons. The zero-order valence-corrected chi connectivity index (χ0v) is 16.2. The van der Waals surface area contributed by atoms with Crippen molar-refractivity contribution in [2.24, 2.45) is 0 Å². The summed E-state index contributed by atoms with van der Waals surface area (Å²) in [5.41, 5.74) is 1.01. The molecule has 0 bridgehead atoms. The van der Waals surface area contributed by atoms with Crippen LogP contribution in [0.5, 0.6) is 5.75 Å². The quantitative estimate of drug-likeness (QED) is 0.523. The van der Waals surface area contributed by atoms with Gasteiger partial charge in [-0.25, -0.2) is 0 Å². The Balaban J connectivity index is 1.40. The smallest absolute Gasteiger partial charge is 0.269 e. The van der Waals surface area contributed by atoms with Crippen molar-refractivity contribution in [1.82, 2.24) is 9.80 Å². The summed E-state index contributed by atoms with van der Waals surface area (Å²) >= 11 is 5.83. The van der Waals surface area contributed by atoms with Crippen LogP contribution in [0.1, 0.15) is 12.0 Å². The van der Waals surface area contributed by atoms with E-state index in [1.54, 1.807) is 36.4 Å². The fourth-order valence-corrected chi connectivity index (χ4v) is 3.25. The van der Waals surface area contributed by atoms with Crippen molar-refractivity contribution in [2.45, 2.75) is 13.0 Å². The minimum Gasteiger partial charge on any atom is -0.493 e. The maximum atomic E-state index is 12.4. The number of halogens is 1. The normalized spacial score (nSPS) is 14.7. The molecule has 1 saturated heterocycles. The molecule has 0 spiro atoms. The molecule has 0 aliphatic carbocycles. The van der Waals surface area contributed by atoms with Crippen LogP contribution < -0.4 is 4.74 Å². The number of carbonyl (C=O) groups is 1. The van der Waals surface area contributed by atoms with E-state index in [1.807, 2.05) is 11.0 Å². The molecule has 0 saturated carbocycles. The topological polar surface area (TPSA) is 75.9 Å². The number of piperazine rings is 1. The molecule has 28 heavy (non-hydrogen) atoms. The van der Waals surface area contributed by atoms with Gasteiger partial charge in [-0.3, -0.25) is 19.8 Å². The van der Waals surface area contributed by atoms with Crippen LogP contribution in [0.15, 0.2) is 48.5 Å². The average Bonchev–Trinajstić information content (AvgIpc) is 2.70. The van der Waals surface area contributed by atoms with Gasteiger partial charge in [-0.2, -0.15) is 0 Å². The number of benzene rings is 2. The molecular formula is C20H22ClN3O4. The van der Waals surface area contributed by atoms with Crippen LogP contribution >= 0.6 is 11.6 Å². The number of ether oxygens (including phenoxy) is 1. The summed E-state index contributed by atoms with van der Waals surface area (Å²) in [7, 11) is 0. The molecule has 148 valence electrons. The van der Waals surface area contributed by atoms with Gasteiger partial charge in [0.25, 0.3) is 5.69 Å². The Morgan fingerprint density at radius 2 is 1.82 bits per heavy atom. The summed E-state index contributed by atoms with van der Waals surface area (Å²) in [4.78, 5) is 26.9. The highest BCUT2D eigenvalue weighted by atomic mass is 35.5. The molecule has 8 heteroatoms. The van der Waals surface area contributed by atoms with Crippen LogP contribution in [0.3, 0.4) is 0 Å². The third-order valence-electron chi connectivity index (χ3n) is 4.65. The highest BCUT2D eigenvalue weighted by molar-refractivity contribution is 6.30. The fourth-order valence-electron chi connectivity index (χ4n) is 3.13. The number of non-ortho nitro benzene ring substituents is 1. The van der Waals surface area contributed by atoms with E-state index in [9.17, 15) is 14.9 Å². The number of rotatable bonds is 7. The predicted molar refractivity (Wildman–Crippen MR) is 107 cm³/mol. The number of hydrogen-bond acceptors (Lipinski definition) is 5. The Morgan fingerprint density at radius 3 is 2.50 bits per heavy atom. The van der Waals surface area contributed by atoms with Gasteiger partial charge in [0.1, 0.15) is 5.75 Å². The average molecular weight is 404 g/mol. The lowest BCUT2D eigenvalue weighted by molar-refractivity contribution is -0.384. The third kappa shape index (κ3) is 5.68. The molecule has 0 atom stereocenters. The number of hydrogen-bond donors (Lipinski definition) is 0. The minimum absolute atomic E-state index is 0.0731. The van der Waals surface area contributed by atoms with Crippen LogP contribution in [0.2, 0.25) is 5.02 Å². The molecule has 1 aliphatic heterocycles. The van der Waals surface area contributed by atoms with Gasteiger partial charge in [0.2, 0.25) is 5.91 Å². The molecule has 1 amide bonds. The van der Waals surface area contributed by atoms with Crippen molar-refractivity contribution >= 4 is 23.2 Å². The summed E-state index contributed by atoms with van der Waals surface area (Å²) in [6.07, 6.45) is 0.327. The first-order valence-corrected chi connectivity index (χ1v) is 9.51. The lowest BCUT2D eigenvalue weighted by atomic mass is 10.1. The summed E-state index contributed by atoms with van der Waals surface area (Å²) in [5.74, 6) is 0.767. The molecule has 0 unspecified atom stereocenters. The predicted octanol–water partition coefficient (Wildman–Crippen LogP) is 3.36. The second-order valence-electron chi connectivity index (χ2n) is 6.64. The maximum Gasteiger partial charge on any atom is 0.269 e. The Bertz CT molecular complexity index is 820. The summed E-state index contributed by atoms with van der Waals surface area (Å²) in [5, 5.41) is 11.5. The van der Waals surface area contributed by atoms with Crippen LogP contribution in [0, 0.1) is 10.1 Å². The Kier molecular flexibility index (Phi) is 6.84. The number of nitro groups is 1. The van der Waals surface area contributed by atoms with Gasteiger partial charge in [-0.05, 0) is 29.8 Å². The summed E-state index contributed by atoms with van der Waals surface area (Å²) in [6, 6.07) is 13.7. The first-order chi connectivity index (χ1) is 13.5. The van der Waals surface area contributed by atoms with E-state index in [2.05, 4.69) is 4.90 Å². The van der Waals surface area contributed by atoms with Gasteiger partial charge in [-0.1, -0.05) is 23.7 Å². The molecule has 2 aromatic rings. The van der Waals surface area contributed by atoms with Gasteiger partial charge in [-0.15, -0.1) is 0 Å². The standard InChI is InChI=1S/C20H22ClN3O4/c21-17-4-6-19(7-5-17)28-13-8-20(25)23-11-9-22(10-12-23)15-16-2-1-3-18(14-16)24(26)27/h1-7,14H,8-13,15H2. The van der Waals surface area contributed by atoms with Gasteiger partial charge in [0.15, 0.2) is 0 Å². The van der Waals surface area contributed by atoms with Gasteiger partial charge >= 0.3 is 0 Å². The summed E-state index contributed by atoms with van der Waals surface area (Å²) < 4.78 is 5.58. The Morgan fingerprint density at radius 1 is 1.11 bits per heavy atom. The second-order valence-corrected chi connectivity index (χ2v) is 7.07. The fraction of sp³-hybridized carbons (Fsp3) is 0.350. The van der Waals surface area contributed by atoms with Crippen molar-refractivity contribution in [2.75, 3.05) is 32.8 Å². The molecule has 1 fully saturated rings. The maximum absolute atomic E-state index is 12.4. The van der Waals surface area contributed by atoms with Crippen LogP contribution in [-0.2, 0) is 11.3 Å². The summed E-state index contributed by atoms with van der Waals surface area (Å²) in [6.45, 7) is 3.75. The lowest BCUT2D eigenvalue weighted by Gasteiger charge is -2.34. The molecular weight excluding hydrogens is 382 g/mol. The monoisotopic (exact) mass is 403 g/mol. The van der Waals surface area contributed by atoms with Crippen LogP contribution in [0.25, 0.3) is 0 Å². The number of carbonyl (C=O) groups excluding carboxylic acids is 1. The van der Waals surface area contributed by atoms with Gasteiger partial charge < -0.3 is 9.64 Å². The number of amides is 1. The van der Waals surface area contributed by atoms with Crippen molar-refractivity contribution in [3.63, 3.8) is 0 Å². The minimum atomic E-state index is -0.383. The van der Waals surface area contributed by atoms with E-state index >= 15 is 0 Å². The van der Waals surface area contributed by atoms with Crippen molar-refractivity contribution in [3.05, 3.63) is 69.2 Å². The molecule has 0 aromatic heterocycles. The first kappa shape index (κ1) is 20.1. The molecule has 3 rings (SSSR count). The van der Waals surface area contributed by atoms with Crippen molar-refractivity contribution in [3.8, 4) is 5.75 Å². The third-order valence-corrected chi connectivity index (χ3v) is 4.90. The molecule has 1 heterocycles. The molecule has 1 aliphatic rings. The highest BCUT2D eigenvalue weighted by Gasteiger charge is 2.21. The van der Waals surface area contributed by atoms with Crippen LogP contribution in [-0.4, -0.2) is 53.4 Å². The van der Waals surface area contributed by atoms with E-state index < -0.39 is 0 Å². The SMILES string of the molecule is O=C(CCOc1ccc(Cl)cc1)N1CCN(Cc2cccc([N+](=O)[O-])c2)CC1. The Labute approximate surface area is 168 Å².